The topological polar surface area (TPSA) is 91.9 Å². The molecule has 3 aromatic rings. The average Bonchev–Trinajstić information content (AvgIpc) is 2.95. The van der Waals surface area contributed by atoms with Gasteiger partial charge in [-0.15, -0.1) is 5.10 Å². The third kappa shape index (κ3) is 2.44. The Bertz CT molecular complexity index is 900. The Hall–Kier alpha value is -2.74. The van der Waals surface area contributed by atoms with Gasteiger partial charge in [-0.1, -0.05) is 16.8 Å². The Kier molecular flexibility index (Phi) is 3.60. The molecule has 0 saturated carbocycles. The molecule has 0 bridgehead atoms. The summed E-state index contributed by atoms with van der Waals surface area (Å²) in [7, 11) is 1.25. The molecule has 9 heteroatoms. The van der Waals surface area contributed by atoms with E-state index in [4.69, 9.17) is 11.6 Å². The highest BCUT2D eigenvalue weighted by Crippen LogP contribution is 2.15. The van der Waals surface area contributed by atoms with Crippen LogP contribution in [0.25, 0.3) is 16.9 Å². The highest BCUT2D eigenvalue weighted by Gasteiger charge is 2.14. The summed E-state index contributed by atoms with van der Waals surface area (Å²) in [6.45, 7) is -0.230. The number of nitrogens with zero attached hydrogens (tertiary/aromatic N) is 5. The van der Waals surface area contributed by atoms with Gasteiger partial charge in [-0.05, 0) is 24.3 Å². The first-order chi connectivity index (χ1) is 10.6. The van der Waals surface area contributed by atoms with Crippen LogP contribution in [0.2, 0.25) is 5.02 Å². The van der Waals surface area contributed by atoms with Gasteiger partial charge in [0, 0.05) is 5.02 Å². The number of methoxy groups -OCH3 is 1. The largest absolute Gasteiger partial charge is 0.468 e. The maximum Gasteiger partial charge on any atom is 0.325 e. The Balaban J connectivity index is 2.09. The molecular formula is C13H10ClN5O3. The second-order valence-corrected chi connectivity index (χ2v) is 4.84. The monoisotopic (exact) mass is 319 g/mol. The number of carbonyl (C=O) groups excluding carboxylic acids is 1. The first-order valence-electron chi connectivity index (χ1n) is 6.24. The normalized spacial score (nSPS) is 10.8. The number of rotatable bonds is 3. The van der Waals surface area contributed by atoms with Crippen LogP contribution < -0.4 is 5.56 Å². The molecule has 0 atom stereocenters. The molecule has 0 aliphatic rings. The fourth-order valence-electron chi connectivity index (χ4n) is 1.92. The summed E-state index contributed by atoms with van der Waals surface area (Å²) < 4.78 is 7.07. The fourth-order valence-corrected chi connectivity index (χ4v) is 2.04. The molecule has 0 radical (unpaired) electrons. The van der Waals surface area contributed by atoms with Gasteiger partial charge in [0.15, 0.2) is 11.2 Å². The van der Waals surface area contributed by atoms with Gasteiger partial charge in [-0.2, -0.15) is 4.68 Å². The first kappa shape index (κ1) is 14.2. The van der Waals surface area contributed by atoms with Gasteiger partial charge in [0.05, 0.1) is 12.8 Å². The zero-order valence-corrected chi connectivity index (χ0v) is 12.2. The van der Waals surface area contributed by atoms with Crippen molar-refractivity contribution in [3.63, 3.8) is 0 Å². The van der Waals surface area contributed by atoms with Crippen LogP contribution in [0.4, 0.5) is 0 Å². The molecule has 8 nitrogen and oxygen atoms in total. The summed E-state index contributed by atoms with van der Waals surface area (Å²) in [6.07, 6.45) is 1.26. The minimum Gasteiger partial charge on any atom is -0.468 e. The Morgan fingerprint density at radius 2 is 2.05 bits per heavy atom. The van der Waals surface area contributed by atoms with Crippen molar-refractivity contribution in [1.82, 2.24) is 24.5 Å². The van der Waals surface area contributed by atoms with Crippen molar-refractivity contribution in [1.29, 1.82) is 0 Å². The van der Waals surface area contributed by atoms with Crippen molar-refractivity contribution in [3.05, 3.63) is 46.0 Å². The summed E-state index contributed by atoms with van der Waals surface area (Å²) in [6, 6.07) is 6.86. The van der Waals surface area contributed by atoms with Gasteiger partial charge in [0.2, 0.25) is 0 Å². The second-order valence-electron chi connectivity index (χ2n) is 4.40. The lowest BCUT2D eigenvalue weighted by Crippen LogP contribution is -2.25. The minimum atomic E-state index is -0.548. The fraction of sp³-hybridized carbons (Fsp3) is 0.154. The van der Waals surface area contributed by atoms with Crippen LogP contribution in [0.15, 0.2) is 35.4 Å². The minimum absolute atomic E-state index is 0.0707. The number of fused-ring (bicyclic) bond motifs is 1. The number of halogens is 1. The molecule has 1 aromatic carbocycles. The summed E-state index contributed by atoms with van der Waals surface area (Å²) in [5.74, 6) is -0.548. The molecule has 0 fully saturated rings. The van der Waals surface area contributed by atoms with Crippen molar-refractivity contribution in [2.24, 2.45) is 0 Å². The van der Waals surface area contributed by atoms with Crippen LogP contribution in [0.3, 0.4) is 0 Å². The van der Waals surface area contributed by atoms with E-state index in [1.807, 2.05) is 0 Å². The zero-order chi connectivity index (χ0) is 15.7. The lowest BCUT2D eigenvalue weighted by molar-refractivity contribution is -0.141. The number of esters is 1. The molecule has 0 aliphatic heterocycles. The zero-order valence-electron chi connectivity index (χ0n) is 11.4. The van der Waals surface area contributed by atoms with E-state index >= 15 is 0 Å². The molecule has 2 aromatic heterocycles. The van der Waals surface area contributed by atoms with Gasteiger partial charge in [0.1, 0.15) is 12.9 Å². The molecule has 0 unspecified atom stereocenters. The highest BCUT2D eigenvalue weighted by atomic mass is 35.5. The number of hydrogen-bond donors (Lipinski definition) is 0. The summed E-state index contributed by atoms with van der Waals surface area (Å²) in [5, 5.41) is 8.36. The van der Waals surface area contributed by atoms with Gasteiger partial charge < -0.3 is 4.74 Å². The van der Waals surface area contributed by atoms with Crippen molar-refractivity contribution < 1.29 is 9.53 Å². The molecular weight excluding hydrogens is 310 g/mol. The number of hydrogen-bond acceptors (Lipinski definition) is 6. The van der Waals surface area contributed by atoms with E-state index in [1.165, 1.54) is 18.1 Å². The van der Waals surface area contributed by atoms with Crippen molar-refractivity contribution in [2.45, 2.75) is 6.54 Å². The average molecular weight is 320 g/mol. The van der Waals surface area contributed by atoms with E-state index in [-0.39, 0.29) is 12.1 Å². The van der Waals surface area contributed by atoms with E-state index in [0.29, 0.717) is 16.4 Å². The molecule has 0 amide bonds. The quantitative estimate of drug-likeness (QED) is 0.663. The van der Waals surface area contributed by atoms with E-state index < -0.39 is 11.5 Å². The van der Waals surface area contributed by atoms with Crippen LogP contribution in [-0.4, -0.2) is 37.6 Å². The lowest BCUT2D eigenvalue weighted by atomic mass is 10.3. The van der Waals surface area contributed by atoms with E-state index in [9.17, 15) is 9.59 Å². The van der Waals surface area contributed by atoms with E-state index in [2.05, 4.69) is 20.0 Å². The van der Waals surface area contributed by atoms with Crippen LogP contribution >= 0.6 is 11.6 Å². The Labute approximate surface area is 128 Å². The van der Waals surface area contributed by atoms with Gasteiger partial charge in [-0.25, -0.2) is 4.98 Å². The molecule has 0 aliphatic carbocycles. The molecule has 112 valence electrons. The summed E-state index contributed by atoms with van der Waals surface area (Å²) >= 11 is 5.84. The second kappa shape index (κ2) is 5.57. The van der Waals surface area contributed by atoms with Crippen LogP contribution in [0, 0.1) is 0 Å². The lowest BCUT2D eigenvalue weighted by Gasteiger charge is -2.04. The van der Waals surface area contributed by atoms with Crippen LogP contribution in [0.1, 0.15) is 0 Å². The Morgan fingerprint density at radius 1 is 1.32 bits per heavy atom. The molecule has 0 saturated heterocycles. The van der Waals surface area contributed by atoms with Gasteiger partial charge >= 0.3 is 5.97 Å². The van der Waals surface area contributed by atoms with Crippen LogP contribution in [-0.2, 0) is 16.1 Å². The number of aromatic nitrogens is 5. The SMILES string of the molecule is COC(=O)Cn1cnc2c(nnn2-c2ccc(Cl)cc2)c1=O. The van der Waals surface area contributed by atoms with Crippen molar-refractivity contribution >= 4 is 28.7 Å². The summed E-state index contributed by atoms with van der Waals surface area (Å²) in [5.41, 5.74) is 0.579. The third-order valence-electron chi connectivity index (χ3n) is 3.03. The molecule has 0 N–H and O–H groups in total. The molecule has 0 spiro atoms. The standard InChI is InChI=1S/C13H10ClN5O3/c1-22-10(20)6-18-7-15-12-11(13(18)21)16-17-19(12)9-4-2-8(14)3-5-9/h2-5,7H,6H2,1H3. The summed E-state index contributed by atoms with van der Waals surface area (Å²) in [4.78, 5) is 27.7. The van der Waals surface area contributed by atoms with Gasteiger partial charge in [-0.3, -0.25) is 14.2 Å². The predicted molar refractivity (Wildman–Crippen MR) is 77.9 cm³/mol. The van der Waals surface area contributed by atoms with E-state index in [1.54, 1.807) is 24.3 Å². The molecule has 3 rings (SSSR count). The molecule has 22 heavy (non-hydrogen) atoms. The smallest absolute Gasteiger partial charge is 0.325 e. The highest BCUT2D eigenvalue weighted by molar-refractivity contribution is 6.30. The maximum absolute atomic E-state index is 12.3. The van der Waals surface area contributed by atoms with Crippen molar-refractivity contribution in [3.8, 4) is 5.69 Å². The number of benzene rings is 1. The number of carbonyl (C=O) groups is 1. The Morgan fingerprint density at radius 3 is 2.73 bits per heavy atom. The maximum atomic E-state index is 12.3. The van der Waals surface area contributed by atoms with Crippen LogP contribution in [0.5, 0.6) is 0 Å². The first-order valence-corrected chi connectivity index (χ1v) is 6.61. The molecule has 2 heterocycles. The number of ether oxygens (including phenoxy) is 1. The van der Waals surface area contributed by atoms with Gasteiger partial charge in [0.25, 0.3) is 5.56 Å². The van der Waals surface area contributed by atoms with E-state index in [0.717, 1.165) is 4.57 Å². The third-order valence-corrected chi connectivity index (χ3v) is 3.28. The predicted octanol–water partition coefficient (Wildman–Crippen LogP) is 0.804. The van der Waals surface area contributed by atoms with Crippen molar-refractivity contribution in [2.75, 3.05) is 7.11 Å².